The number of hydrogen-bond donors (Lipinski definition) is 2. The topological polar surface area (TPSA) is 110 Å². The fraction of sp³-hybridized carbons (Fsp3) is 0.417. The van der Waals surface area contributed by atoms with Crippen molar-refractivity contribution < 1.29 is 23.9 Å². The molecule has 1 aromatic heterocycles. The van der Waals surface area contributed by atoms with Crippen molar-refractivity contribution in [2.75, 3.05) is 6.61 Å². The van der Waals surface area contributed by atoms with Crippen LogP contribution in [0.2, 0.25) is 0 Å². The summed E-state index contributed by atoms with van der Waals surface area (Å²) in [5.41, 5.74) is 5.25. The zero-order chi connectivity index (χ0) is 23.8. The summed E-state index contributed by atoms with van der Waals surface area (Å²) in [5, 5.41) is 3.41. The molecule has 2 N–H and O–H groups in total. The summed E-state index contributed by atoms with van der Waals surface area (Å²) in [5.74, 6) is -1.87. The van der Waals surface area contributed by atoms with E-state index in [0.717, 1.165) is 36.2 Å². The van der Waals surface area contributed by atoms with E-state index in [9.17, 15) is 19.2 Å². The molecular formula is C24H28N4O5. The average molecular weight is 453 g/mol. The number of para-hydroxylation sites is 1. The van der Waals surface area contributed by atoms with Gasteiger partial charge in [-0.3, -0.25) is 15.0 Å². The number of hydrazine groups is 1. The molecule has 4 rings (SSSR count). The van der Waals surface area contributed by atoms with Crippen molar-refractivity contribution in [1.82, 2.24) is 20.3 Å². The average Bonchev–Trinajstić information content (AvgIpc) is 3.20. The number of benzene rings is 1. The van der Waals surface area contributed by atoms with Gasteiger partial charge in [-0.15, -0.1) is 0 Å². The third-order valence-corrected chi connectivity index (χ3v) is 6.45. The Morgan fingerprint density at radius 3 is 2.48 bits per heavy atom. The number of carbonyl (C=O) groups is 4. The van der Waals surface area contributed by atoms with Crippen LogP contribution in [0.4, 0.5) is 4.79 Å². The Morgan fingerprint density at radius 2 is 1.79 bits per heavy atom. The summed E-state index contributed by atoms with van der Waals surface area (Å²) < 4.78 is 7.15. The number of nitrogens with one attached hydrogen (secondary N) is 2. The zero-order valence-corrected chi connectivity index (χ0v) is 19.1. The first-order valence-corrected chi connectivity index (χ1v) is 11.1. The van der Waals surface area contributed by atoms with Crippen LogP contribution in [0.5, 0.6) is 0 Å². The second kappa shape index (κ2) is 8.73. The molecule has 2 aliphatic rings. The quantitative estimate of drug-likeness (QED) is 0.536. The van der Waals surface area contributed by atoms with Crippen molar-refractivity contribution in [2.24, 2.45) is 0 Å². The van der Waals surface area contributed by atoms with Gasteiger partial charge in [0.1, 0.15) is 5.54 Å². The molecule has 1 aromatic carbocycles. The lowest BCUT2D eigenvalue weighted by atomic mass is 9.82. The number of rotatable bonds is 5. The number of urea groups is 1. The number of amides is 4. The van der Waals surface area contributed by atoms with Crippen LogP contribution in [-0.4, -0.2) is 45.5 Å². The molecule has 9 nitrogen and oxygen atoms in total. The minimum atomic E-state index is -0.938. The molecule has 1 aliphatic heterocycles. The van der Waals surface area contributed by atoms with Crippen LogP contribution in [0.15, 0.2) is 30.3 Å². The molecule has 2 aromatic rings. The SMILES string of the molecule is Cc1ccccc1-n1c(C)cc(C(=O)OCC(=O)NN2C(=O)NC3(CCCCC3)C2=O)c1C. The van der Waals surface area contributed by atoms with Gasteiger partial charge in [-0.05, 0) is 51.3 Å². The molecule has 33 heavy (non-hydrogen) atoms. The molecule has 1 saturated heterocycles. The normalized spacial score (nSPS) is 17.2. The van der Waals surface area contributed by atoms with E-state index in [2.05, 4.69) is 10.7 Å². The highest BCUT2D eigenvalue weighted by Gasteiger charge is 2.52. The lowest BCUT2D eigenvalue weighted by Gasteiger charge is -2.30. The van der Waals surface area contributed by atoms with Crippen LogP contribution in [0, 0.1) is 20.8 Å². The van der Waals surface area contributed by atoms with Gasteiger partial charge in [-0.1, -0.05) is 37.5 Å². The Hall–Kier alpha value is -3.62. The molecule has 9 heteroatoms. The van der Waals surface area contributed by atoms with E-state index >= 15 is 0 Å². The molecule has 1 saturated carbocycles. The fourth-order valence-corrected chi connectivity index (χ4v) is 4.74. The van der Waals surface area contributed by atoms with E-state index in [-0.39, 0.29) is 0 Å². The van der Waals surface area contributed by atoms with Crippen molar-refractivity contribution in [1.29, 1.82) is 0 Å². The second-order valence-corrected chi connectivity index (χ2v) is 8.73. The minimum Gasteiger partial charge on any atom is -0.452 e. The van der Waals surface area contributed by atoms with Crippen LogP contribution < -0.4 is 10.7 Å². The predicted molar refractivity (Wildman–Crippen MR) is 120 cm³/mol. The predicted octanol–water partition coefficient (Wildman–Crippen LogP) is 2.85. The van der Waals surface area contributed by atoms with Gasteiger partial charge in [0.15, 0.2) is 6.61 Å². The van der Waals surface area contributed by atoms with E-state index in [4.69, 9.17) is 4.74 Å². The third kappa shape index (κ3) is 4.10. The number of hydrogen-bond acceptors (Lipinski definition) is 5. The third-order valence-electron chi connectivity index (χ3n) is 6.45. The highest BCUT2D eigenvalue weighted by atomic mass is 16.5. The molecule has 1 aliphatic carbocycles. The molecule has 2 fully saturated rings. The molecule has 0 unspecified atom stereocenters. The van der Waals surface area contributed by atoms with Gasteiger partial charge in [0.05, 0.1) is 5.56 Å². The molecule has 4 amide bonds. The number of nitrogens with zero attached hydrogens (tertiary/aromatic N) is 2. The number of ether oxygens (including phenoxy) is 1. The van der Waals surface area contributed by atoms with E-state index < -0.39 is 36.0 Å². The number of aryl methyl sites for hydroxylation is 2. The summed E-state index contributed by atoms with van der Waals surface area (Å²) in [4.78, 5) is 50.1. The van der Waals surface area contributed by atoms with Crippen molar-refractivity contribution in [3.8, 4) is 5.69 Å². The van der Waals surface area contributed by atoms with Gasteiger partial charge in [0.25, 0.3) is 11.8 Å². The maximum absolute atomic E-state index is 12.8. The van der Waals surface area contributed by atoms with Crippen molar-refractivity contribution in [3.63, 3.8) is 0 Å². The number of esters is 1. The van der Waals surface area contributed by atoms with Crippen molar-refractivity contribution in [3.05, 3.63) is 52.8 Å². The highest BCUT2D eigenvalue weighted by molar-refractivity contribution is 6.08. The summed E-state index contributed by atoms with van der Waals surface area (Å²) in [6, 6.07) is 8.88. The summed E-state index contributed by atoms with van der Waals surface area (Å²) >= 11 is 0. The summed E-state index contributed by atoms with van der Waals surface area (Å²) in [6.07, 6.45) is 3.79. The monoisotopic (exact) mass is 452 g/mol. The van der Waals surface area contributed by atoms with Crippen LogP contribution >= 0.6 is 0 Å². The maximum Gasteiger partial charge on any atom is 0.344 e. The van der Waals surface area contributed by atoms with E-state index in [0.29, 0.717) is 29.1 Å². The Morgan fingerprint density at radius 1 is 1.09 bits per heavy atom. The molecular weight excluding hydrogens is 424 g/mol. The summed E-state index contributed by atoms with van der Waals surface area (Å²) in [6.45, 7) is 5.08. The zero-order valence-electron chi connectivity index (χ0n) is 19.1. The van der Waals surface area contributed by atoms with Crippen LogP contribution in [0.3, 0.4) is 0 Å². The fourth-order valence-electron chi connectivity index (χ4n) is 4.74. The van der Waals surface area contributed by atoms with E-state index in [1.54, 1.807) is 6.07 Å². The molecule has 174 valence electrons. The van der Waals surface area contributed by atoms with E-state index in [1.807, 2.05) is 49.6 Å². The Bertz CT molecular complexity index is 1130. The van der Waals surface area contributed by atoms with E-state index in [1.165, 1.54) is 0 Å². The first kappa shape index (κ1) is 22.6. The second-order valence-electron chi connectivity index (χ2n) is 8.73. The number of carbonyl (C=O) groups excluding carboxylic acids is 4. The minimum absolute atomic E-state index is 0.347. The highest BCUT2D eigenvalue weighted by Crippen LogP contribution is 2.33. The Balaban J connectivity index is 1.40. The van der Waals surface area contributed by atoms with Gasteiger partial charge in [-0.25, -0.2) is 9.59 Å². The van der Waals surface area contributed by atoms with Gasteiger partial charge in [-0.2, -0.15) is 5.01 Å². The maximum atomic E-state index is 12.8. The lowest BCUT2D eigenvalue weighted by Crippen LogP contribution is -2.51. The van der Waals surface area contributed by atoms with Crippen LogP contribution in [0.1, 0.15) is 59.4 Å². The van der Waals surface area contributed by atoms with Crippen LogP contribution in [0.25, 0.3) is 5.69 Å². The largest absolute Gasteiger partial charge is 0.452 e. The van der Waals surface area contributed by atoms with Crippen molar-refractivity contribution >= 4 is 23.8 Å². The molecule has 0 atom stereocenters. The van der Waals surface area contributed by atoms with Gasteiger partial charge in [0.2, 0.25) is 0 Å². The molecule has 0 radical (unpaired) electrons. The standard InChI is InChI=1S/C24H28N4O5/c1-15-9-5-6-10-19(15)27-16(2)13-18(17(27)3)21(30)33-14-20(29)26-28-22(31)24(25-23(28)32)11-7-4-8-12-24/h5-6,9-10,13H,4,7-8,11-12,14H2,1-3H3,(H,25,32)(H,26,29). The number of imide groups is 1. The van der Waals surface area contributed by atoms with Gasteiger partial charge < -0.3 is 14.6 Å². The first-order chi connectivity index (χ1) is 15.7. The Labute approximate surface area is 192 Å². The number of aromatic nitrogens is 1. The van der Waals surface area contributed by atoms with Crippen molar-refractivity contribution in [2.45, 2.75) is 58.4 Å². The smallest absolute Gasteiger partial charge is 0.344 e. The lowest BCUT2D eigenvalue weighted by molar-refractivity contribution is -0.140. The molecule has 2 heterocycles. The summed E-state index contributed by atoms with van der Waals surface area (Å²) in [7, 11) is 0. The van der Waals surface area contributed by atoms with Gasteiger partial charge in [0, 0.05) is 17.1 Å². The molecule has 1 spiro atoms. The Kier molecular flexibility index (Phi) is 5.97. The first-order valence-electron chi connectivity index (χ1n) is 11.1. The molecule has 0 bridgehead atoms. The van der Waals surface area contributed by atoms with Gasteiger partial charge >= 0.3 is 12.0 Å². The van der Waals surface area contributed by atoms with Crippen LogP contribution in [-0.2, 0) is 14.3 Å².